The van der Waals surface area contributed by atoms with Crippen molar-refractivity contribution in [3.8, 4) is 0 Å². The molecule has 13 heavy (non-hydrogen) atoms. The van der Waals surface area contributed by atoms with Gasteiger partial charge in [-0.25, -0.2) is 0 Å². The summed E-state index contributed by atoms with van der Waals surface area (Å²) in [5, 5.41) is 14.9. The topological polar surface area (TPSA) is 94.3 Å². The fourth-order valence-electron chi connectivity index (χ4n) is 1.25. The van der Waals surface area contributed by atoms with Crippen molar-refractivity contribution in [1.29, 1.82) is 5.41 Å². The van der Waals surface area contributed by atoms with Crippen LogP contribution in [0.3, 0.4) is 0 Å². The maximum atomic E-state index is 7.13. The molecule has 0 radical (unpaired) electrons. The molecule has 66 valence electrons. The van der Waals surface area contributed by atoms with E-state index in [1.165, 1.54) is 12.4 Å². The van der Waals surface area contributed by atoms with E-state index in [0.717, 1.165) is 16.7 Å². The lowest BCUT2D eigenvalue weighted by Gasteiger charge is -1.93. The molecule has 0 saturated carbocycles. The van der Waals surface area contributed by atoms with Gasteiger partial charge in [0.1, 0.15) is 0 Å². The van der Waals surface area contributed by atoms with Gasteiger partial charge in [0.05, 0.1) is 5.69 Å². The molecule has 5 N–H and O–H groups in total. The number of aromatic amines is 2. The Labute approximate surface area is 74.1 Å². The fourth-order valence-corrected chi connectivity index (χ4v) is 1.25. The Hall–Kier alpha value is -2.04. The summed E-state index contributed by atoms with van der Waals surface area (Å²) in [7, 11) is 0. The van der Waals surface area contributed by atoms with Crippen LogP contribution < -0.4 is 5.73 Å². The standard InChI is InChI=1S/C8H9N5/c9-3-5(4-10)7-6-1-2-11-8(6)13-12-7/h1-4,9H,10H2,(H2,11,12,13)/b5-4+,9-3?. The van der Waals surface area contributed by atoms with E-state index in [9.17, 15) is 0 Å². The van der Waals surface area contributed by atoms with Gasteiger partial charge in [-0.15, -0.1) is 0 Å². The van der Waals surface area contributed by atoms with E-state index in [2.05, 4.69) is 15.2 Å². The number of rotatable bonds is 2. The predicted octanol–water partition coefficient (Wildman–Crippen LogP) is 0.840. The second kappa shape index (κ2) is 2.78. The summed E-state index contributed by atoms with van der Waals surface area (Å²) in [4.78, 5) is 2.96. The molecule has 0 bridgehead atoms. The lowest BCUT2D eigenvalue weighted by Crippen LogP contribution is -1.91. The van der Waals surface area contributed by atoms with Crippen LogP contribution >= 0.6 is 0 Å². The first-order valence-electron chi connectivity index (χ1n) is 3.81. The van der Waals surface area contributed by atoms with Crippen molar-refractivity contribution < 1.29 is 0 Å². The van der Waals surface area contributed by atoms with Gasteiger partial charge in [0.15, 0.2) is 5.65 Å². The van der Waals surface area contributed by atoms with Crippen LogP contribution in [0.5, 0.6) is 0 Å². The lowest BCUT2D eigenvalue weighted by atomic mass is 10.2. The zero-order chi connectivity index (χ0) is 9.26. The maximum Gasteiger partial charge on any atom is 0.159 e. The summed E-state index contributed by atoms with van der Waals surface area (Å²) in [6.45, 7) is 0. The third-order valence-electron chi connectivity index (χ3n) is 1.90. The number of fused-ring (bicyclic) bond motifs is 1. The number of aromatic nitrogens is 3. The van der Waals surface area contributed by atoms with Crippen LogP contribution in [0.1, 0.15) is 5.69 Å². The molecule has 2 aromatic heterocycles. The first kappa shape index (κ1) is 7.60. The number of allylic oxidation sites excluding steroid dienone is 1. The van der Waals surface area contributed by atoms with Crippen LogP contribution in [0.4, 0.5) is 0 Å². The molecule has 0 aliphatic heterocycles. The molecule has 5 heteroatoms. The van der Waals surface area contributed by atoms with E-state index in [4.69, 9.17) is 11.1 Å². The highest BCUT2D eigenvalue weighted by Crippen LogP contribution is 2.19. The van der Waals surface area contributed by atoms with Gasteiger partial charge < -0.3 is 16.1 Å². The highest BCUT2D eigenvalue weighted by atomic mass is 15.1. The minimum absolute atomic E-state index is 0.627. The molecule has 0 aromatic carbocycles. The summed E-state index contributed by atoms with van der Waals surface area (Å²) in [6, 6.07) is 1.89. The van der Waals surface area contributed by atoms with E-state index >= 15 is 0 Å². The largest absolute Gasteiger partial charge is 0.404 e. The summed E-state index contributed by atoms with van der Waals surface area (Å²) in [5.41, 5.74) is 7.54. The molecule has 0 unspecified atom stereocenters. The van der Waals surface area contributed by atoms with Crippen LogP contribution in [0.2, 0.25) is 0 Å². The molecule has 5 nitrogen and oxygen atoms in total. The van der Waals surface area contributed by atoms with Crippen molar-refractivity contribution in [2.75, 3.05) is 0 Å². The maximum absolute atomic E-state index is 7.13. The average molecular weight is 175 g/mol. The Morgan fingerprint density at radius 2 is 2.46 bits per heavy atom. The quantitative estimate of drug-likeness (QED) is 0.509. The molecule has 2 rings (SSSR count). The van der Waals surface area contributed by atoms with Crippen molar-refractivity contribution in [1.82, 2.24) is 15.2 Å². The van der Waals surface area contributed by atoms with Crippen molar-refractivity contribution >= 4 is 22.8 Å². The number of hydrogen-bond donors (Lipinski definition) is 4. The second-order valence-electron chi connectivity index (χ2n) is 2.60. The molecule has 0 saturated heterocycles. The minimum atomic E-state index is 0.627. The molecule has 0 fully saturated rings. The monoisotopic (exact) mass is 175 g/mol. The molecule has 2 aromatic rings. The van der Waals surface area contributed by atoms with E-state index in [-0.39, 0.29) is 0 Å². The highest BCUT2D eigenvalue weighted by Gasteiger charge is 2.07. The van der Waals surface area contributed by atoms with E-state index in [0.29, 0.717) is 5.57 Å². The second-order valence-corrected chi connectivity index (χ2v) is 2.60. The highest BCUT2D eigenvalue weighted by molar-refractivity contribution is 6.11. The van der Waals surface area contributed by atoms with Crippen LogP contribution in [-0.4, -0.2) is 21.4 Å². The van der Waals surface area contributed by atoms with Crippen LogP contribution in [0, 0.1) is 5.41 Å². The zero-order valence-corrected chi connectivity index (χ0v) is 6.83. The van der Waals surface area contributed by atoms with E-state index < -0.39 is 0 Å². The predicted molar refractivity (Wildman–Crippen MR) is 51.4 cm³/mol. The van der Waals surface area contributed by atoms with Crippen LogP contribution in [0.25, 0.3) is 16.6 Å². The Morgan fingerprint density at radius 3 is 3.15 bits per heavy atom. The van der Waals surface area contributed by atoms with E-state index in [1.54, 1.807) is 6.20 Å². The van der Waals surface area contributed by atoms with Crippen molar-refractivity contribution in [3.63, 3.8) is 0 Å². The third-order valence-corrected chi connectivity index (χ3v) is 1.90. The number of nitrogens with two attached hydrogens (primary N) is 1. The molecular weight excluding hydrogens is 166 g/mol. The smallest absolute Gasteiger partial charge is 0.159 e. The number of nitrogens with zero attached hydrogens (tertiary/aromatic N) is 1. The van der Waals surface area contributed by atoms with E-state index in [1.807, 2.05) is 6.07 Å². The first-order chi connectivity index (χ1) is 6.36. The van der Waals surface area contributed by atoms with Gasteiger partial charge in [-0.2, -0.15) is 5.10 Å². The van der Waals surface area contributed by atoms with Gasteiger partial charge in [0.2, 0.25) is 0 Å². The average Bonchev–Trinajstić information content (AvgIpc) is 2.70. The lowest BCUT2D eigenvalue weighted by molar-refractivity contribution is 1.08. The zero-order valence-electron chi connectivity index (χ0n) is 6.83. The summed E-state index contributed by atoms with van der Waals surface area (Å²) in [5.74, 6) is 0. The van der Waals surface area contributed by atoms with Crippen molar-refractivity contribution in [2.45, 2.75) is 0 Å². The van der Waals surface area contributed by atoms with Gasteiger partial charge in [-0.3, -0.25) is 5.10 Å². The molecule has 2 heterocycles. The first-order valence-corrected chi connectivity index (χ1v) is 3.81. The summed E-state index contributed by atoms with van der Waals surface area (Å²) in [6.07, 6.45) is 4.37. The molecule has 0 aliphatic rings. The Bertz CT molecular complexity index is 462. The SMILES string of the molecule is N=C/C(=C\N)c1[nH]nc2[nH]ccc12. The fraction of sp³-hybridized carbons (Fsp3) is 0. The summed E-state index contributed by atoms with van der Waals surface area (Å²) < 4.78 is 0. The number of hydrogen-bond acceptors (Lipinski definition) is 3. The molecule has 0 spiro atoms. The van der Waals surface area contributed by atoms with Gasteiger partial charge >= 0.3 is 0 Å². The minimum Gasteiger partial charge on any atom is -0.404 e. The number of nitrogens with one attached hydrogen (secondary N) is 3. The Morgan fingerprint density at radius 1 is 1.62 bits per heavy atom. The van der Waals surface area contributed by atoms with Crippen molar-refractivity contribution in [2.24, 2.45) is 5.73 Å². The van der Waals surface area contributed by atoms with Gasteiger partial charge in [0.25, 0.3) is 0 Å². The molecule has 0 atom stereocenters. The molecule has 0 amide bonds. The third kappa shape index (κ3) is 1.01. The van der Waals surface area contributed by atoms with Crippen LogP contribution in [0.15, 0.2) is 18.5 Å². The van der Waals surface area contributed by atoms with Gasteiger partial charge in [-0.05, 0) is 6.07 Å². The van der Waals surface area contributed by atoms with Crippen molar-refractivity contribution in [3.05, 3.63) is 24.2 Å². The molecule has 0 aliphatic carbocycles. The Balaban J connectivity index is 2.66. The Kier molecular flexibility index (Phi) is 1.63. The normalized spacial score (nSPS) is 12.2. The van der Waals surface area contributed by atoms with Gasteiger partial charge in [0, 0.05) is 29.6 Å². The number of H-pyrrole nitrogens is 2. The summed E-state index contributed by atoms with van der Waals surface area (Å²) >= 11 is 0. The molecular formula is C8H9N5. The van der Waals surface area contributed by atoms with Crippen LogP contribution in [-0.2, 0) is 0 Å². The van der Waals surface area contributed by atoms with Gasteiger partial charge in [-0.1, -0.05) is 0 Å².